The van der Waals surface area contributed by atoms with Gasteiger partial charge in [-0.3, -0.25) is 4.79 Å². The van der Waals surface area contributed by atoms with Gasteiger partial charge in [0, 0.05) is 18.1 Å². The highest BCUT2D eigenvalue weighted by atomic mass is 32.1. The number of anilines is 1. The van der Waals surface area contributed by atoms with E-state index >= 15 is 0 Å². The maximum Gasteiger partial charge on any atom is 0.257 e. The number of H-pyrrole nitrogens is 1. The SMILES string of the molecule is CNc1nc(-c2ccc(C)[nH]c2=O)cs1. The molecule has 0 unspecified atom stereocenters. The van der Waals surface area contributed by atoms with Gasteiger partial charge in [-0.25, -0.2) is 4.98 Å². The third-order valence-electron chi connectivity index (χ3n) is 2.05. The average molecular weight is 221 g/mol. The van der Waals surface area contributed by atoms with Crippen LogP contribution in [0.15, 0.2) is 22.3 Å². The molecule has 15 heavy (non-hydrogen) atoms. The zero-order valence-electron chi connectivity index (χ0n) is 8.50. The molecule has 0 aliphatic rings. The lowest BCUT2D eigenvalue weighted by Gasteiger charge is -1.96. The summed E-state index contributed by atoms with van der Waals surface area (Å²) in [6.07, 6.45) is 0. The minimum absolute atomic E-state index is 0.0945. The zero-order valence-corrected chi connectivity index (χ0v) is 9.31. The Bertz CT molecular complexity index is 529. The molecule has 0 saturated carbocycles. The van der Waals surface area contributed by atoms with Crippen molar-refractivity contribution in [3.05, 3.63) is 33.6 Å². The third-order valence-corrected chi connectivity index (χ3v) is 2.91. The smallest absolute Gasteiger partial charge is 0.257 e. The second-order valence-corrected chi connectivity index (χ2v) is 4.03. The van der Waals surface area contributed by atoms with Gasteiger partial charge < -0.3 is 10.3 Å². The molecular formula is C10H11N3OS. The minimum Gasteiger partial charge on any atom is -0.365 e. The topological polar surface area (TPSA) is 57.8 Å². The second-order valence-electron chi connectivity index (χ2n) is 3.17. The first-order chi connectivity index (χ1) is 7.20. The molecule has 2 aromatic rings. The first-order valence-electron chi connectivity index (χ1n) is 4.54. The molecule has 0 spiro atoms. The summed E-state index contributed by atoms with van der Waals surface area (Å²) in [7, 11) is 1.81. The van der Waals surface area contributed by atoms with E-state index in [1.54, 1.807) is 6.07 Å². The van der Waals surface area contributed by atoms with Crippen LogP contribution in [0.5, 0.6) is 0 Å². The molecule has 5 heteroatoms. The lowest BCUT2D eigenvalue weighted by Crippen LogP contribution is -2.09. The van der Waals surface area contributed by atoms with E-state index in [4.69, 9.17) is 0 Å². The Labute approximate surface area is 91.0 Å². The van der Waals surface area contributed by atoms with E-state index in [-0.39, 0.29) is 5.56 Å². The van der Waals surface area contributed by atoms with Crippen LogP contribution in [0, 0.1) is 6.92 Å². The highest BCUT2D eigenvalue weighted by Gasteiger charge is 2.07. The molecule has 0 bridgehead atoms. The van der Waals surface area contributed by atoms with Crippen LogP contribution < -0.4 is 10.9 Å². The van der Waals surface area contributed by atoms with Gasteiger partial charge in [-0.15, -0.1) is 11.3 Å². The van der Waals surface area contributed by atoms with Gasteiger partial charge >= 0.3 is 0 Å². The predicted molar refractivity (Wildman–Crippen MR) is 62.5 cm³/mol. The Kier molecular flexibility index (Phi) is 2.55. The third kappa shape index (κ3) is 1.92. The van der Waals surface area contributed by atoms with Crippen LogP contribution in [0.25, 0.3) is 11.3 Å². The molecule has 2 N–H and O–H groups in total. The molecule has 78 valence electrons. The number of nitrogens with one attached hydrogen (secondary N) is 2. The second kappa shape index (κ2) is 3.86. The molecule has 0 aliphatic carbocycles. The quantitative estimate of drug-likeness (QED) is 0.813. The number of thiazole rings is 1. The lowest BCUT2D eigenvalue weighted by molar-refractivity contribution is 1.14. The number of aromatic nitrogens is 2. The van der Waals surface area contributed by atoms with Crippen molar-refractivity contribution >= 4 is 16.5 Å². The number of nitrogens with zero attached hydrogens (tertiary/aromatic N) is 1. The van der Waals surface area contributed by atoms with Crippen molar-refractivity contribution in [1.29, 1.82) is 0 Å². The maximum absolute atomic E-state index is 11.6. The van der Waals surface area contributed by atoms with Crippen molar-refractivity contribution in [1.82, 2.24) is 9.97 Å². The van der Waals surface area contributed by atoms with Gasteiger partial charge in [-0.05, 0) is 19.1 Å². The van der Waals surface area contributed by atoms with Crippen molar-refractivity contribution in [2.75, 3.05) is 12.4 Å². The van der Waals surface area contributed by atoms with E-state index in [9.17, 15) is 4.79 Å². The lowest BCUT2D eigenvalue weighted by atomic mass is 10.2. The van der Waals surface area contributed by atoms with Crippen molar-refractivity contribution in [2.45, 2.75) is 6.92 Å². The summed E-state index contributed by atoms with van der Waals surface area (Å²) >= 11 is 1.48. The molecule has 0 radical (unpaired) electrons. The molecule has 4 nitrogen and oxygen atoms in total. The fourth-order valence-corrected chi connectivity index (χ4v) is 1.96. The van der Waals surface area contributed by atoms with E-state index < -0.39 is 0 Å². The van der Waals surface area contributed by atoms with Gasteiger partial charge in [0.25, 0.3) is 5.56 Å². The van der Waals surface area contributed by atoms with E-state index in [0.29, 0.717) is 11.3 Å². The first-order valence-corrected chi connectivity index (χ1v) is 5.42. The van der Waals surface area contributed by atoms with Crippen LogP contribution in [0.4, 0.5) is 5.13 Å². The summed E-state index contributed by atoms with van der Waals surface area (Å²) < 4.78 is 0. The fraction of sp³-hybridized carbons (Fsp3) is 0.200. The molecule has 2 aromatic heterocycles. The summed E-state index contributed by atoms with van der Waals surface area (Å²) in [6, 6.07) is 3.66. The van der Waals surface area contributed by atoms with Gasteiger partial charge in [0.2, 0.25) is 0 Å². The zero-order chi connectivity index (χ0) is 10.8. The Morgan fingerprint density at radius 2 is 2.27 bits per heavy atom. The van der Waals surface area contributed by atoms with Crippen LogP contribution in [-0.2, 0) is 0 Å². The summed E-state index contributed by atoms with van der Waals surface area (Å²) in [5.41, 5.74) is 2.08. The first kappa shape index (κ1) is 9.92. The summed E-state index contributed by atoms with van der Waals surface area (Å²) in [5, 5.41) is 5.62. The van der Waals surface area contributed by atoms with Crippen LogP contribution in [0.2, 0.25) is 0 Å². The Morgan fingerprint density at radius 3 is 2.87 bits per heavy atom. The largest absolute Gasteiger partial charge is 0.365 e. The monoisotopic (exact) mass is 221 g/mol. The van der Waals surface area contributed by atoms with E-state index in [1.165, 1.54) is 11.3 Å². The highest BCUT2D eigenvalue weighted by molar-refractivity contribution is 7.14. The summed E-state index contributed by atoms with van der Waals surface area (Å²) in [4.78, 5) is 18.7. The van der Waals surface area contributed by atoms with E-state index in [0.717, 1.165) is 10.8 Å². The Morgan fingerprint density at radius 1 is 1.47 bits per heavy atom. The van der Waals surface area contributed by atoms with Gasteiger partial charge in [0.1, 0.15) is 0 Å². The highest BCUT2D eigenvalue weighted by Crippen LogP contribution is 2.21. The van der Waals surface area contributed by atoms with Gasteiger partial charge in [-0.1, -0.05) is 0 Å². The average Bonchev–Trinajstić information content (AvgIpc) is 2.66. The molecule has 0 atom stereocenters. The van der Waals surface area contributed by atoms with Crippen LogP contribution >= 0.6 is 11.3 Å². The fourth-order valence-electron chi connectivity index (χ4n) is 1.29. The molecule has 0 saturated heterocycles. The molecule has 2 heterocycles. The molecular weight excluding hydrogens is 210 g/mol. The van der Waals surface area contributed by atoms with Crippen molar-refractivity contribution in [3.8, 4) is 11.3 Å². The number of rotatable bonds is 2. The molecule has 0 aromatic carbocycles. The maximum atomic E-state index is 11.6. The Hall–Kier alpha value is -1.62. The van der Waals surface area contributed by atoms with E-state index in [1.807, 2.05) is 25.4 Å². The molecule has 2 rings (SSSR count). The van der Waals surface area contributed by atoms with Crippen molar-refractivity contribution in [2.24, 2.45) is 0 Å². The van der Waals surface area contributed by atoms with Crippen molar-refractivity contribution in [3.63, 3.8) is 0 Å². The number of pyridine rings is 1. The number of hydrogen-bond acceptors (Lipinski definition) is 4. The standard InChI is InChI=1S/C10H11N3OS/c1-6-3-4-7(9(14)12-6)8-5-15-10(11-2)13-8/h3-5H,1-2H3,(H,11,13)(H,12,14). The van der Waals surface area contributed by atoms with Crippen LogP contribution in [0.1, 0.15) is 5.69 Å². The van der Waals surface area contributed by atoms with E-state index in [2.05, 4.69) is 15.3 Å². The van der Waals surface area contributed by atoms with Crippen molar-refractivity contribution < 1.29 is 0 Å². The predicted octanol–water partition coefficient (Wildman–Crippen LogP) is 1.85. The van der Waals surface area contributed by atoms with Gasteiger partial charge in [0.15, 0.2) is 5.13 Å². The Balaban J connectivity index is 2.49. The number of aromatic amines is 1. The van der Waals surface area contributed by atoms with Crippen LogP contribution in [0.3, 0.4) is 0 Å². The summed E-state index contributed by atoms with van der Waals surface area (Å²) in [5.74, 6) is 0. The molecule has 0 fully saturated rings. The number of aryl methyl sites for hydroxylation is 1. The minimum atomic E-state index is -0.0945. The normalized spacial score (nSPS) is 10.3. The molecule has 0 amide bonds. The van der Waals surface area contributed by atoms with Crippen LogP contribution in [-0.4, -0.2) is 17.0 Å². The van der Waals surface area contributed by atoms with Gasteiger partial charge in [0.05, 0.1) is 11.3 Å². The summed E-state index contributed by atoms with van der Waals surface area (Å²) in [6.45, 7) is 1.85. The van der Waals surface area contributed by atoms with Gasteiger partial charge in [-0.2, -0.15) is 0 Å². The number of hydrogen-bond donors (Lipinski definition) is 2. The molecule has 0 aliphatic heterocycles.